The Balaban J connectivity index is 2.27. The minimum Gasteiger partial charge on any atom is -0.312 e. The van der Waals surface area contributed by atoms with Crippen LogP contribution in [-0.2, 0) is 15.4 Å². The van der Waals surface area contributed by atoms with Gasteiger partial charge in [0.25, 0.3) is 5.91 Å². The average Bonchev–Trinajstić information content (AvgIpc) is 2.97. The maximum absolute atomic E-state index is 12.5. The van der Waals surface area contributed by atoms with Crippen molar-refractivity contribution in [2.24, 2.45) is 0 Å². The van der Waals surface area contributed by atoms with E-state index in [1.807, 2.05) is 26.2 Å². The van der Waals surface area contributed by atoms with Gasteiger partial charge in [-0.25, -0.2) is 12.7 Å². The van der Waals surface area contributed by atoms with E-state index < -0.39 is 15.9 Å². The van der Waals surface area contributed by atoms with Gasteiger partial charge < -0.3 is 5.32 Å². The van der Waals surface area contributed by atoms with Crippen LogP contribution in [-0.4, -0.2) is 32.7 Å². The van der Waals surface area contributed by atoms with E-state index in [1.54, 1.807) is 0 Å². The van der Waals surface area contributed by atoms with Crippen molar-refractivity contribution in [2.75, 3.05) is 19.4 Å². The molecule has 0 bridgehead atoms. The molecule has 1 heterocycles. The van der Waals surface area contributed by atoms with Crippen molar-refractivity contribution in [1.82, 2.24) is 4.31 Å². The lowest BCUT2D eigenvalue weighted by molar-refractivity contribution is 0.102. The molecule has 1 aromatic heterocycles. The first kappa shape index (κ1) is 20.1. The van der Waals surface area contributed by atoms with Gasteiger partial charge in [-0.1, -0.05) is 20.8 Å². The van der Waals surface area contributed by atoms with E-state index in [4.69, 9.17) is 0 Å². The lowest BCUT2D eigenvalue weighted by Crippen LogP contribution is -2.22. The molecule has 26 heavy (non-hydrogen) atoms. The van der Waals surface area contributed by atoms with Gasteiger partial charge in [0, 0.05) is 19.7 Å². The highest BCUT2D eigenvalue weighted by molar-refractivity contribution is 7.89. The Kier molecular flexibility index (Phi) is 5.56. The monoisotopic (exact) mass is 391 g/mol. The number of nitriles is 1. The molecular weight excluding hydrogens is 370 g/mol. The Morgan fingerprint density at radius 3 is 2.23 bits per heavy atom. The van der Waals surface area contributed by atoms with Gasteiger partial charge in [-0.2, -0.15) is 5.26 Å². The van der Waals surface area contributed by atoms with Crippen LogP contribution in [0.2, 0.25) is 0 Å². The second kappa shape index (κ2) is 7.19. The number of thiophene rings is 1. The SMILES string of the molecule is CN(C)S(=O)(=O)c1ccc(C(=O)Nc2scc(C(C)(C)C)c2C#N)cc1. The highest BCUT2D eigenvalue weighted by Gasteiger charge is 2.24. The molecule has 1 aromatic carbocycles. The Hall–Kier alpha value is -2.21. The first-order chi connectivity index (χ1) is 12.0. The molecule has 2 rings (SSSR count). The van der Waals surface area contributed by atoms with Crippen LogP contribution in [0.5, 0.6) is 0 Å². The molecule has 0 aliphatic heterocycles. The van der Waals surface area contributed by atoms with Crippen molar-refractivity contribution < 1.29 is 13.2 Å². The van der Waals surface area contributed by atoms with Gasteiger partial charge in [0.15, 0.2) is 0 Å². The molecule has 0 fully saturated rings. The van der Waals surface area contributed by atoms with Crippen molar-refractivity contribution in [3.63, 3.8) is 0 Å². The molecule has 6 nitrogen and oxygen atoms in total. The van der Waals surface area contributed by atoms with E-state index in [2.05, 4.69) is 11.4 Å². The standard InChI is InChI=1S/C18H21N3O3S2/c1-18(2,3)15-11-25-17(14(15)10-19)20-16(22)12-6-8-13(9-7-12)26(23,24)21(4)5/h6-9,11H,1-5H3,(H,20,22). The number of sulfonamides is 1. The first-order valence-corrected chi connectivity index (χ1v) is 10.2. The van der Waals surface area contributed by atoms with Gasteiger partial charge in [-0.3, -0.25) is 4.79 Å². The number of hydrogen-bond donors (Lipinski definition) is 1. The number of benzene rings is 1. The average molecular weight is 392 g/mol. The number of carbonyl (C=O) groups is 1. The number of rotatable bonds is 4. The number of nitrogens with one attached hydrogen (secondary N) is 1. The molecule has 0 atom stereocenters. The first-order valence-electron chi connectivity index (χ1n) is 7.84. The third-order valence-corrected chi connectivity index (χ3v) is 6.56. The number of anilines is 1. The molecule has 0 unspecified atom stereocenters. The Labute approximate surface area is 158 Å². The second-order valence-electron chi connectivity index (χ2n) is 6.98. The number of carbonyl (C=O) groups excluding carboxylic acids is 1. The Bertz CT molecular complexity index is 961. The molecule has 0 saturated heterocycles. The number of amides is 1. The molecule has 1 amide bonds. The molecule has 2 aromatic rings. The molecule has 138 valence electrons. The molecule has 8 heteroatoms. The van der Waals surface area contributed by atoms with E-state index in [0.717, 1.165) is 9.87 Å². The highest BCUT2D eigenvalue weighted by atomic mass is 32.2. The van der Waals surface area contributed by atoms with Crippen LogP contribution in [0, 0.1) is 11.3 Å². The van der Waals surface area contributed by atoms with Gasteiger partial charge >= 0.3 is 0 Å². The normalized spacial score (nSPS) is 12.0. The Morgan fingerprint density at radius 1 is 1.19 bits per heavy atom. The van der Waals surface area contributed by atoms with Crippen LogP contribution >= 0.6 is 11.3 Å². The van der Waals surface area contributed by atoms with Crippen molar-refractivity contribution >= 4 is 32.3 Å². The molecule has 0 radical (unpaired) electrons. The summed E-state index contributed by atoms with van der Waals surface area (Å²) < 4.78 is 25.3. The molecular formula is C18H21N3O3S2. The van der Waals surface area contributed by atoms with Crippen molar-refractivity contribution in [2.45, 2.75) is 31.1 Å². The van der Waals surface area contributed by atoms with Crippen LogP contribution in [0.4, 0.5) is 5.00 Å². The van der Waals surface area contributed by atoms with Crippen LogP contribution in [0.25, 0.3) is 0 Å². The van der Waals surface area contributed by atoms with Crippen LogP contribution in [0.1, 0.15) is 42.3 Å². The fraction of sp³-hybridized carbons (Fsp3) is 0.333. The molecule has 0 saturated carbocycles. The second-order valence-corrected chi connectivity index (χ2v) is 10.0. The maximum atomic E-state index is 12.5. The lowest BCUT2D eigenvalue weighted by Gasteiger charge is -2.17. The smallest absolute Gasteiger partial charge is 0.256 e. The Morgan fingerprint density at radius 2 is 1.77 bits per heavy atom. The van der Waals surface area contributed by atoms with Crippen LogP contribution in [0.3, 0.4) is 0 Å². The lowest BCUT2D eigenvalue weighted by atomic mass is 9.86. The number of hydrogen-bond acceptors (Lipinski definition) is 5. The minimum atomic E-state index is -3.54. The summed E-state index contributed by atoms with van der Waals surface area (Å²) in [5, 5.41) is 14.6. The van der Waals surface area contributed by atoms with Gasteiger partial charge in [-0.15, -0.1) is 11.3 Å². The van der Waals surface area contributed by atoms with Crippen LogP contribution in [0.15, 0.2) is 34.5 Å². The molecule has 0 aliphatic rings. The third-order valence-electron chi connectivity index (χ3n) is 3.83. The van der Waals surface area contributed by atoms with Crippen molar-refractivity contribution in [3.8, 4) is 6.07 Å². The predicted molar refractivity (Wildman–Crippen MR) is 103 cm³/mol. The van der Waals surface area contributed by atoms with Crippen molar-refractivity contribution in [1.29, 1.82) is 5.26 Å². The van der Waals surface area contributed by atoms with Crippen molar-refractivity contribution in [3.05, 3.63) is 46.3 Å². The van der Waals surface area contributed by atoms with Gasteiger partial charge in [0.1, 0.15) is 11.1 Å². The minimum absolute atomic E-state index is 0.114. The zero-order valence-corrected chi connectivity index (χ0v) is 17.0. The fourth-order valence-electron chi connectivity index (χ4n) is 2.28. The number of nitrogens with zero attached hydrogens (tertiary/aromatic N) is 2. The van der Waals surface area contributed by atoms with Gasteiger partial charge in [-0.05, 0) is 40.6 Å². The summed E-state index contributed by atoms with van der Waals surface area (Å²) in [6.45, 7) is 6.02. The molecule has 0 aliphatic carbocycles. The van der Waals surface area contributed by atoms with E-state index in [1.165, 1.54) is 49.7 Å². The summed E-state index contributed by atoms with van der Waals surface area (Å²) in [7, 11) is -0.647. The van der Waals surface area contributed by atoms with Gasteiger partial charge in [0.05, 0.1) is 10.5 Å². The van der Waals surface area contributed by atoms with E-state index in [0.29, 0.717) is 16.1 Å². The highest BCUT2D eigenvalue weighted by Crippen LogP contribution is 2.35. The zero-order valence-electron chi connectivity index (χ0n) is 15.3. The third kappa shape index (κ3) is 3.96. The quantitative estimate of drug-likeness (QED) is 0.865. The topological polar surface area (TPSA) is 90.3 Å². The predicted octanol–water partition coefficient (Wildman–Crippen LogP) is 3.42. The summed E-state index contributed by atoms with van der Waals surface area (Å²) in [6, 6.07) is 7.86. The summed E-state index contributed by atoms with van der Waals surface area (Å²) in [5.74, 6) is -0.391. The zero-order chi connectivity index (χ0) is 19.7. The van der Waals surface area contributed by atoms with Crippen LogP contribution < -0.4 is 5.32 Å². The summed E-state index contributed by atoms with van der Waals surface area (Å²) in [6.07, 6.45) is 0. The van der Waals surface area contributed by atoms with Gasteiger partial charge in [0.2, 0.25) is 10.0 Å². The maximum Gasteiger partial charge on any atom is 0.256 e. The van der Waals surface area contributed by atoms with E-state index in [-0.39, 0.29) is 10.3 Å². The summed E-state index contributed by atoms with van der Waals surface area (Å²) in [4.78, 5) is 12.6. The summed E-state index contributed by atoms with van der Waals surface area (Å²) in [5.41, 5.74) is 1.46. The summed E-state index contributed by atoms with van der Waals surface area (Å²) >= 11 is 1.30. The largest absolute Gasteiger partial charge is 0.312 e. The molecule has 0 spiro atoms. The van der Waals surface area contributed by atoms with E-state index in [9.17, 15) is 18.5 Å². The van der Waals surface area contributed by atoms with E-state index >= 15 is 0 Å². The fourth-order valence-corrected chi connectivity index (χ4v) is 4.31. The molecule has 1 N–H and O–H groups in total.